The summed E-state index contributed by atoms with van der Waals surface area (Å²) in [6.07, 6.45) is 1.79. The van der Waals surface area contributed by atoms with Crippen LogP contribution >= 0.6 is 11.6 Å². The molecule has 0 aliphatic carbocycles. The van der Waals surface area contributed by atoms with Crippen molar-refractivity contribution in [3.8, 4) is 28.3 Å². The Morgan fingerprint density at radius 2 is 1.50 bits per heavy atom. The maximum atomic E-state index is 6.02. The zero-order chi connectivity index (χ0) is 16.4. The van der Waals surface area contributed by atoms with Gasteiger partial charge in [-0.15, -0.1) is 0 Å². The highest BCUT2D eigenvalue weighted by molar-refractivity contribution is 6.30. The van der Waals surface area contributed by atoms with Gasteiger partial charge in [-0.1, -0.05) is 48.0 Å². The molecule has 0 atom stereocenters. The van der Waals surface area contributed by atoms with Gasteiger partial charge in [0.1, 0.15) is 0 Å². The van der Waals surface area contributed by atoms with E-state index < -0.39 is 0 Å². The largest absolute Gasteiger partial charge is 0.255 e. The summed E-state index contributed by atoms with van der Waals surface area (Å²) in [5.41, 5.74) is 4.75. The van der Waals surface area contributed by atoms with E-state index in [-0.39, 0.29) is 0 Å². The summed E-state index contributed by atoms with van der Waals surface area (Å²) in [5, 5.41) is 5.49. The highest BCUT2D eigenvalue weighted by Crippen LogP contribution is 2.27. The monoisotopic (exact) mass is 331 g/mol. The lowest BCUT2D eigenvalue weighted by Crippen LogP contribution is -1.99. The van der Waals surface area contributed by atoms with Gasteiger partial charge in [-0.2, -0.15) is 5.10 Å². The van der Waals surface area contributed by atoms with Gasteiger partial charge in [0, 0.05) is 16.8 Å². The quantitative estimate of drug-likeness (QED) is 0.513. The number of rotatable bonds is 3. The molecule has 2 heterocycles. The summed E-state index contributed by atoms with van der Waals surface area (Å²) < 4.78 is 1.90. The fourth-order valence-corrected chi connectivity index (χ4v) is 2.73. The summed E-state index contributed by atoms with van der Waals surface area (Å²) in [6.45, 7) is 0. The Balaban J connectivity index is 1.90. The molecule has 4 aromatic rings. The van der Waals surface area contributed by atoms with Crippen LogP contribution in [0.25, 0.3) is 28.3 Å². The first kappa shape index (κ1) is 14.7. The molecule has 24 heavy (non-hydrogen) atoms. The number of nitrogens with zero attached hydrogens (tertiary/aromatic N) is 3. The van der Waals surface area contributed by atoms with E-state index in [1.807, 2.05) is 65.3 Å². The molecule has 0 aliphatic rings. The van der Waals surface area contributed by atoms with Crippen molar-refractivity contribution >= 4 is 11.6 Å². The fraction of sp³-hybridized carbons (Fsp3) is 0. The van der Waals surface area contributed by atoms with Gasteiger partial charge in [0.2, 0.25) is 0 Å². The van der Waals surface area contributed by atoms with Gasteiger partial charge in [-0.25, -0.2) is 4.68 Å². The minimum atomic E-state index is 0.702. The van der Waals surface area contributed by atoms with Crippen molar-refractivity contribution in [1.82, 2.24) is 14.8 Å². The number of halogens is 1. The Kier molecular flexibility index (Phi) is 3.85. The zero-order valence-corrected chi connectivity index (χ0v) is 13.6. The SMILES string of the molecule is Clc1ccc(-n2nc(-c3ccccc3)cc2-c2ccccn2)cc1. The molecule has 0 saturated heterocycles. The molecule has 0 amide bonds. The standard InChI is InChI=1S/C20H14ClN3/c21-16-9-11-17(12-10-16)24-20(18-8-4-5-13-22-18)14-19(23-24)15-6-2-1-3-7-15/h1-14H. The molecular weight excluding hydrogens is 318 g/mol. The van der Waals surface area contributed by atoms with E-state index in [9.17, 15) is 0 Å². The molecule has 4 heteroatoms. The van der Waals surface area contributed by atoms with Crippen molar-refractivity contribution in [3.05, 3.63) is 90.1 Å². The second-order valence-electron chi connectivity index (χ2n) is 5.38. The van der Waals surface area contributed by atoms with Crippen LogP contribution in [0.3, 0.4) is 0 Å². The van der Waals surface area contributed by atoms with Crippen LogP contribution in [0.1, 0.15) is 0 Å². The van der Waals surface area contributed by atoms with Gasteiger partial charge in [0.15, 0.2) is 0 Å². The third-order valence-electron chi connectivity index (χ3n) is 3.78. The van der Waals surface area contributed by atoms with Crippen molar-refractivity contribution in [2.24, 2.45) is 0 Å². The molecule has 3 nitrogen and oxygen atoms in total. The van der Waals surface area contributed by atoms with Crippen molar-refractivity contribution < 1.29 is 0 Å². The van der Waals surface area contributed by atoms with Gasteiger partial charge < -0.3 is 0 Å². The summed E-state index contributed by atoms with van der Waals surface area (Å²) in [7, 11) is 0. The fourth-order valence-electron chi connectivity index (χ4n) is 2.61. The smallest absolute Gasteiger partial charge is 0.0934 e. The average Bonchev–Trinajstić information content (AvgIpc) is 3.09. The van der Waals surface area contributed by atoms with Gasteiger partial charge in [0.05, 0.1) is 22.8 Å². The predicted molar refractivity (Wildman–Crippen MR) is 97.2 cm³/mol. The molecule has 0 spiro atoms. The Hall–Kier alpha value is -2.91. The lowest BCUT2D eigenvalue weighted by molar-refractivity contribution is 0.888. The summed E-state index contributed by atoms with van der Waals surface area (Å²) in [5.74, 6) is 0. The topological polar surface area (TPSA) is 30.7 Å². The normalized spacial score (nSPS) is 10.7. The second-order valence-corrected chi connectivity index (χ2v) is 5.82. The third kappa shape index (κ3) is 2.82. The van der Waals surface area contributed by atoms with Crippen molar-refractivity contribution in [2.45, 2.75) is 0 Å². The molecular formula is C20H14ClN3. The summed E-state index contributed by atoms with van der Waals surface area (Å²) in [6, 6.07) is 25.7. The maximum Gasteiger partial charge on any atom is 0.0934 e. The van der Waals surface area contributed by atoms with E-state index in [0.717, 1.165) is 28.3 Å². The highest BCUT2D eigenvalue weighted by Gasteiger charge is 2.13. The lowest BCUT2D eigenvalue weighted by Gasteiger charge is -2.06. The van der Waals surface area contributed by atoms with E-state index in [0.29, 0.717) is 5.02 Å². The summed E-state index contributed by atoms with van der Waals surface area (Å²) in [4.78, 5) is 4.47. The van der Waals surface area contributed by atoms with E-state index in [4.69, 9.17) is 16.7 Å². The van der Waals surface area contributed by atoms with Crippen LogP contribution in [-0.2, 0) is 0 Å². The molecule has 0 bridgehead atoms. The maximum absolute atomic E-state index is 6.02. The number of pyridine rings is 1. The van der Waals surface area contributed by atoms with Crippen molar-refractivity contribution in [1.29, 1.82) is 0 Å². The molecule has 4 rings (SSSR count). The van der Waals surface area contributed by atoms with Crippen LogP contribution in [0, 0.1) is 0 Å². The van der Waals surface area contributed by atoms with Gasteiger partial charge in [0.25, 0.3) is 0 Å². The van der Waals surface area contributed by atoms with Crippen molar-refractivity contribution in [2.75, 3.05) is 0 Å². The predicted octanol–water partition coefficient (Wildman–Crippen LogP) is 5.25. The highest BCUT2D eigenvalue weighted by atomic mass is 35.5. The number of hydrogen-bond donors (Lipinski definition) is 0. The Morgan fingerprint density at radius 3 is 2.21 bits per heavy atom. The number of aromatic nitrogens is 3. The van der Waals surface area contributed by atoms with Crippen LogP contribution < -0.4 is 0 Å². The van der Waals surface area contributed by atoms with Crippen LogP contribution in [0.15, 0.2) is 85.1 Å². The minimum absolute atomic E-state index is 0.702. The third-order valence-corrected chi connectivity index (χ3v) is 4.03. The van der Waals surface area contributed by atoms with E-state index in [1.54, 1.807) is 6.20 Å². The van der Waals surface area contributed by atoms with E-state index in [2.05, 4.69) is 23.2 Å². The van der Waals surface area contributed by atoms with E-state index in [1.165, 1.54) is 0 Å². The number of hydrogen-bond acceptors (Lipinski definition) is 2. The first-order valence-electron chi connectivity index (χ1n) is 7.64. The zero-order valence-electron chi connectivity index (χ0n) is 12.8. The van der Waals surface area contributed by atoms with Gasteiger partial charge >= 0.3 is 0 Å². The second kappa shape index (κ2) is 6.30. The van der Waals surface area contributed by atoms with Crippen LogP contribution in [0.5, 0.6) is 0 Å². The molecule has 0 fully saturated rings. The first-order valence-corrected chi connectivity index (χ1v) is 8.02. The Morgan fingerprint density at radius 1 is 0.750 bits per heavy atom. The molecule has 0 unspecified atom stereocenters. The van der Waals surface area contributed by atoms with E-state index >= 15 is 0 Å². The van der Waals surface area contributed by atoms with Crippen LogP contribution in [0.4, 0.5) is 0 Å². The van der Waals surface area contributed by atoms with Crippen molar-refractivity contribution in [3.63, 3.8) is 0 Å². The van der Waals surface area contributed by atoms with Crippen LogP contribution in [0.2, 0.25) is 5.02 Å². The first-order chi connectivity index (χ1) is 11.8. The molecule has 0 aliphatic heterocycles. The molecule has 0 saturated carbocycles. The molecule has 0 radical (unpaired) electrons. The molecule has 2 aromatic heterocycles. The number of benzene rings is 2. The average molecular weight is 332 g/mol. The molecule has 116 valence electrons. The van der Waals surface area contributed by atoms with Gasteiger partial charge in [-0.3, -0.25) is 4.98 Å². The van der Waals surface area contributed by atoms with Gasteiger partial charge in [-0.05, 0) is 42.5 Å². The van der Waals surface area contributed by atoms with Crippen LogP contribution in [-0.4, -0.2) is 14.8 Å². The summed E-state index contributed by atoms with van der Waals surface area (Å²) >= 11 is 6.02. The molecule has 0 N–H and O–H groups in total. The Labute approximate surface area is 145 Å². The Bertz CT molecular complexity index is 945. The molecule has 2 aromatic carbocycles. The minimum Gasteiger partial charge on any atom is -0.255 e. The lowest BCUT2D eigenvalue weighted by atomic mass is 10.1.